The molecule has 82 valence electrons. The van der Waals surface area contributed by atoms with Crippen LogP contribution in [0.4, 0.5) is 0 Å². The van der Waals surface area contributed by atoms with Gasteiger partial charge in [0.2, 0.25) is 6.29 Å². The summed E-state index contributed by atoms with van der Waals surface area (Å²) < 4.78 is 0. The van der Waals surface area contributed by atoms with Crippen LogP contribution in [-0.4, -0.2) is 6.29 Å². The third-order valence-corrected chi connectivity index (χ3v) is 2.36. The van der Waals surface area contributed by atoms with Gasteiger partial charge in [0.25, 0.3) is 0 Å². The van der Waals surface area contributed by atoms with Gasteiger partial charge in [0, 0.05) is 12.0 Å². The lowest BCUT2D eigenvalue weighted by atomic mass is 10.0. The predicted molar refractivity (Wildman–Crippen MR) is 70.0 cm³/mol. The van der Waals surface area contributed by atoms with E-state index in [9.17, 15) is 4.79 Å². The lowest BCUT2D eigenvalue weighted by Gasteiger charge is -1.99. The van der Waals surface area contributed by atoms with Crippen LogP contribution in [-0.2, 0) is 4.79 Å². The minimum atomic E-state index is 0.544. The molecule has 2 aromatic rings. The molecule has 0 amide bonds. The largest absolute Gasteiger partial charge is 0.285 e. The van der Waals surface area contributed by atoms with E-state index >= 15 is 0 Å². The maximum atomic E-state index is 10.9. The van der Waals surface area contributed by atoms with E-state index in [1.165, 1.54) is 0 Å². The maximum Gasteiger partial charge on any atom is 0.229 e. The summed E-state index contributed by atoms with van der Waals surface area (Å²) in [5.41, 5.74) is 2.54. The molecule has 1 nitrogen and oxygen atoms in total. The Kier molecular flexibility index (Phi) is 3.87. The molecular formula is C16H12O. The minimum Gasteiger partial charge on any atom is -0.285 e. The Morgan fingerprint density at radius 2 is 1.35 bits per heavy atom. The smallest absolute Gasteiger partial charge is 0.229 e. The quantitative estimate of drug-likeness (QED) is 0.721. The fraction of sp³-hybridized carbons (Fsp3) is 0. The molecule has 0 unspecified atom stereocenters. The Labute approximate surface area is 101 Å². The Hall–Kier alpha value is -2.15. The van der Waals surface area contributed by atoms with E-state index in [1.54, 1.807) is 0 Å². The van der Waals surface area contributed by atoms with Gasteiger partial charge in [0.15, 0.2) is 0 Å². The van der Waals surface area contributed by atoms with Crippen LogP contribution in [0.2, 0.25) is 0 Å². The van der Waals surface area contributed by atoms with E-state index in [4.69, 9.17) is 0 Å². The first-order chi connectivity index (χ1) is 8.38. The fourth-order valence-corrected chi connectivity index (χ4v) is 1.56. The lowest BCUT2D eigenvalue weighted by Crippen LogP contribution is -1.88. The zero-order valence-corrected chi connectivity index (χ0v) is 9.34. The molecule has 0 heterocycles. The molecule has 17 heavy (non-hydrogen) atoms. The average Bonchev–Trinajstić information content (AvgIpc) is 2.40. The summed E-state index contributed by atoms with van der Waals surface area (Å²) in [6.07, 6.45) is 5.59. The van der Waals surface area contributed by atoms with E-state index in [0.29, 0.717) is 5.57 Å². The van der Waals surface area contributed by atoms with Crippen molar-refractivity contribution in [2.24, 2.45) is 0 Å². The first kappa shape index (κ1) is 11.3. The monoisotopic (exact) mass is 220 g/mol. The van der Waals surface area contributed by atoms with Gasteiger partial charge in [-0.25, -0.2) is 0 Å². The van der Waals surface area contributed by atoms with Crippen LogP contribution in [0.25, 0.3) is 6.08 Å². The van der Waals surface area contributed by atoms with Crippen LogP contribution in [0, 0.1) is 6.42 Å². The van der Waals surface area contributed by atoms with Gasteiger partial charge < -0.3 is 0 Å². The summed E-state index contributed by atoms with van der Waals surface area (Å²) >= 11 is 0. The summed E-state index contributed by atoms with van der Waals surface area (Å²) in [5, 5.41) is 0. The van der Waals surface area contributed by atoms with Crippen molar-refractivity contribution in [2.75, 3.05) is 0 Å². The second kappa shape index (κ2) is 5.80. The lowest BCUT2D eigenvalue weighted by molar-refractivity contribution is 0.562. The highest BCUT2D eigenvalue weighted by atomic mass is 16.1. The van der Waals surface area contributed by atoms with E-state index < -0.39 is 0 Å². The maximum absolute atomic E-state index is 10.9. The highest BCUT2D eigenvalue weighted by molar-refractivity contribution is 5.86. The molecule has 0 aliphatic carbocycles. The van der Waals surface area contributed by atoms with Crippen molar-refractivity contribution in [3.8, 4) is 0 Å². The van der Waals surface area contributed by atoms with Gasteiger partial charge in [0.1, 0.15) is 0 Å². The molecule has 2 rings (SSSR count). The zero-order valence-electron chi connectivity index (χ0n) is 9.34. The van der Waals surface area contributed by atoms with Crippen LogP contribution < -0.4 is 0 Å². The standard InChI is InChI=1S/C16H12O/c17-13-16(11-14-7-3-1-4-8-14)12-15-9-5-2-6-10-15/h1-12H. The molecule has 0 bridgehead atoms. The van der Waals surface area contributed by atoms with Crippen molar-refractivity contribution in [2.45, 2.75) is 0 Å². The molecule has 1 heteroatoms. The molecular weight excluding hydrogens is 208 g/mol. The van der Waals surface area contributed by atoms with Crippen molar-refractivity contribution < 1.29 is 4.79 Å². The van der Waals surface area contributed by atoms with Gasteiger partial charge in [-0.05, 0) is 17.2 Å². The topological polar surface area (TPSA) is 17.1 Å². The Morgan fingerprint density at radius 1 is 0.824 bits per heavy atom. The molecule has 2 radical (unpaired) electrons. The van der Waals surface area contributed by atoms with Crippen molar-refractivity contribution in [3.63, 3.8) is 0 Å². The van der Waals surface area contributed by atoms with Gasteiger partial charge in [-0.2, -0.15) is 0 Å². The molecule has 0 aliphatic rings. The van der Waals surface area contributed by atoms with E-state index in [1.807, 2.05) is 79.4 Å². The van der Waals surface area contributed by atoms with E-state index in [2.05, 4.69) is 0 Å². The number of allylic oxidation sites excluding steroid dienone is 1. The number of rotatable bonds is 4. The average molecular weight is 220 g/mol. The van der Waals surface area contributed by atoms with E-state index in [0.717, 1.165) is 11.1 Å². The normalized spacial score (nSPS) is 11.2. The molecule has 0 fully saturated rings. The van der Waals surface area contributed by atoms with Crippen LogP contribution in [0.1, 0.15) is 11.1 Å². The van der Waals surface area contributed by atoms with Gasteiger partial charge in [0.05, 0.1) is 0 Å². The third kappa shape index (κ3) is 3.42. The number of benzene rings is 2. The molecule has 0 saturated carbocycles. The van der Waals surface area contributed by atoms with Crippen molar-refractivity contribution in [3.05, 3.63) is 83.8 Å². The fourth-order valence-electron chi connectivity index (χ4n) is 1.56. The molecule has 0 aromatic heterocycles. The van der Waals surface area contributed by atoms with Crippen LogP contribution >= 0.6 is 0 Å². The predicted octanol–water partition coefficient (Wildman–Crippen LogP) is 3.43. The van der Waals surface area contributed by atoms with Gasteiger partial charge in [-0.15, -0.1) is 0 Å². The summed E-state index contributed by atoms with van der Waals surface area (Å²) in [7, 11) is 0. The molecule has 0 aliphatic heterocycles. The van der Waals surface area contributed by atoms with Crippen molar-refractivity contribution in [1.82, 2.24) is 0 Å². The van der Waals surface area contributed by atoms with Gasteiger partial charge >= 0.3 is 0 Å². The molecule has 2 aromatic carbocycles. The van der Waals surface area contributed by atoms with Gasteiger partial charge in [-0.1, -0.05) is 60.7 Å². The molecule has 0 spiro atoms. The third-order valence-electron chi connectivity index (χ3n) is 2.36. The summed E-state index contributed by atoms with van der Waals surface area (Å²) in [6, 6.07) is 19.5. The van der Waals surface area contributed by atoms with E-state index in [-0.39, 0.29) is 0 Å². The molecule has 0 saturated heterocycles. The second-order valence-corrected chi connectivity index (χ2v) is 3.67. The van der Waals surface area contributed by atoms with Gasteiger partial charge in [-0.3, -0.25) is 4.79 Å². The number of hydrogen-bond acceptors (Lipinski definition) is 1. The molecule has 0 N–H and O–H groups in total. The summed E-state index contributed by atoms with van der Waals surface area (Å²) in [4.78, 5) is 10.9. The second-order valence-electron chi connectivity index (χ2n) is 3.67. The Balaban J connectivity index is 2.18. The Morgan fingerprint density at radius 3 is 1.88 bits per heavy atom. The minimum absolute atomic E-state index is 0.544. The van der Waals surface area contributed by atoms with Crippen LogP contribution in [0.5, 0.6) is 0 Å². The molecule has 0 atom stereocenters. The highest BCUT2D eigenvalue weighted by Crippen LogP contribution is 2.12. The summed E-state index contributed by atoms with van der Waals surface area (Å²) in [6.45, 7) is 0. The number of carbonyl (C=O) groups excluding carboxylic acids is 1. The van der Waals surface area contributed by atoms with Crippen molar-refractivity contribution in [1.29, 1.82) is 0 Å². The van der Waals surface area contributed by atoms with Crippen molar-refractivity contribution >= 4 is 12.4 Å². The SMILES string of the molecule is O=[C]C([CH]c1ccccc1)=Cc1ccccc1. The Bertz CT molecular complexity index is 498. The van der Waals surface area contributed by atoms with Crippen LogP contribution in [0.15, 0.2) is 66.2 Å². The highest BCUT2D eigenvalue weighted by Gasteiger charge is 2.00. The summed E-state index contributed by atoms with van der Waals surface area (Å²) in [5.74, 6) is 0. The van der Waals surface area contributed by atoms with Crippen LogP contribution in [0.3, 0.4) is 0 Å². The first-order valence-corrected chi connectivity index (χ1v) is 5.43. The first-order valence-electron chi connectivity index (χ1n) is 5.43. The zero-order chi connectivity index (χ0) is 11.9. The number of hydrogen-bond donors (Lipinski definition) is 0.